The maximum Gasteiger partial charge on any atom is 0.355 e. The molecule has 1 N–H and O–H groups in total. The number of methoxy groups -OCH3 is 1. The Balaban J connectivity index is 2.51. The van der Waals surface area contributed by atoms with Crippen molar-refractivity contribution < 1.29 is 19.1 Å². The summed E-state index contributed by atoms with van der Waals surface area (Å²) in [4.78, 5) is 26.4. The molecule has 2 aromatic rings. The summed E-state index contributed by atoms with van der Waals surface area (Å²) < 4.78 is 9.65. The van der Waals surface area contributed by atoms with Crippen LogP contribution in [0.15, 0.2) is 24.3 Å². The van der Waals surface area contributed by atoms with Gasteiger partial charge in [0.25, 0.3) is 0 Å². The van der Waals surface area contributed by atoms with Crippen LogP contribution in [0.2, 0.25) is 0 Å². The average molecular weight is 261 g/mol. The number of rotatable bonds is 4. The van der Waals surface area contributed by atoms with Crippen LogP contribution in [0.4, 0.5) is 0 Å². The molecule has 19 heavy (non-hydrogen) atoms. The zero-order chi connectivity index (χ0) is 13.8. The van der Waals surface area contributed by atoms with E-state index in [9.17, 15) is 9.59 Å². The standard InChI is InChI=1S/C14H15NO4/c1-3-19-14(17)13-10(8-12(16)18-2)9-6-4-5-7-11(9)15-13/h4-7,15H,3,8H2,1-2H3. The highest BCUT2D eigenvalue weighted by Crippen LogP contribution is 2.23. The Bertz CT molecular complexity index is 615. The van der Waals surface area contributed by atoms with E-state index in [1.807, 2.05) is 24.3 Å². The lowest BCUT2D eigenvalue weighted by molar-refractivity contribution is -0.139. The van der Waals surface area contributed by atoms with Crippen LogP contribution in [0.25, 0.3) is 10.9 Å². The topological polar surface area (TPSA) is 68.4 Å². The quantitative estimate of drug-likeness (QED) is 0.855. The van der Waals surface area contributed by atoms with Crippen molar-refractivity contribution in [1.29, 1.82) is 0 Å². The molecule has 5 heteroatoms. The molecular formula is C14H15NO4. The van der Waals surface area contributed by atoms with Gasteiger partial charge in [-0.05, 0) is 13.0 Å². The number of esters is 2. The lowest BCUT2D eigenvalue weighted by Gasteiger charge is -2.03. The Morgan fingerprint density at radius 2 is 2.00 bits per heavy atom. The highest BCUT2D eigenvalue weighted by molar-refractivity contribution is 6.00. The Morgan fingerprint density at radius 3 is 2.68 bits per heavy atom. The molecule has 5 nitrogen and oxygen atoms in total. The van der Waals surface area contributed by atoms with Crippen LogP contribution in [0.3, 0.4) is 0 Å². The van der Waals surface area contributed by atoms with Crippen LogP contribution in [-0.4, -0.2) is 30.6 Å². The van der Waals surface area contributed by atoms with E-state index < -0.39 is 11.9 Å². The summed E-state index contributed by atoms with van der Waals surface area (Å²) in [6, 6.07) is 7.41. The average Bonchev–Trinajstić information content (AvgIpc) is 2.78. The van der Waals surface area contributed by atoms with Crippen molar-refractivity contribution in [2.45, 2.75) is 13.3 Å². The highest BCUT2D eigenvalue weighted by atomic mass is 16.5. The first kappa shape index (κ1) is 13.1. The van der Waals surface area contributed by atoms with E-state index in [1.54, 1.807) is 6.92 Å². The second kappa shape index (κ2) is 5.56. The maximum atomic E-state index is 11.9. The molecule has 0 bridgehead atoms. The number of para-hydroxylation sites is 1. The third kappa shape index (κ3) is 2.59. The van der Waals surface area contributed by atoms with Crippen LogP contribution >= 0.6 is 0 Å². The van der Waals surface area contributed by atoms with Crippen LogP contribution in [-0.2, 0) is 20.7 Å². The third-order valence-corrected chi connectivity index (χ3v) is 2.84. The summed E-state index contributed by atoms with van der Waals surface area (Å²) in [5.74, 6) is -0.854. The number of carbonyl (C=O) groups is 2. The third-order valence-electron chi connectivity index (χ3n) is 2.84. The van der Waals surface area contributed by atoms with Crippen molar-refractivity contribution in [1.82, 2.24) is 4.98 Å². The number of aromatic amines is 1. The Kier molecular flexibility index (Phi) is 3.85. The molecular weight excluding hydrogens is 246 g/mol. The highest BCUT2D eigenvalue weighted by Gasteiger charge is 2.20. The van der Waals surface area contributed by atoms with Gasteiger partial charge in [-0.2, -0.15) is 0 Å². The number of benzene rings is 1. The molecule has 0 aliphatic heterocycles. The van der Waals surface area contributed by atoms with Crippen molar-refractivity contribution in [3.05, 3.63) is 35.5 Å². The van der Waals surface area contributed by atoms with E-state index in [0.29, 0.717) is 11.3 Å². The molecule has 1 aromatic carbocycles. The summed E-state index contributed by atoms with van der Waals surface area (Å²) in [5, 5.41) is 0.830. The number of aromatic nitrogens is 1. The van der Waals surface area contributed by atoms with Crippen molar-refractivity contribution in [2.75, 3.05) is 13.7 Å². The normalized spacial score (nSPS) is 10.4. The van der Waals surface area contributed by atoms with Gasteiger partial charge in [-0.1, -0.05) is 18.2 Å². The minimum absolute atomic E-state index is 0.0364. The van der Waals surface area contributed by atoms with Crippen LogP contribution in [0.1, 0.15) is 23.0 Å². The van der Waals surface area contributed by atoms with E-state index in [2.05, 4.69) is 9.72 Å². The van der Waals surface area contributed by atoms with Crippen LogP contribution in [0, 0.1) is 0 Å². The van der Waals surface area contributed by atoms with Gasteiger partial charge in [0.1, 0.15) is 5.69 Å². The monoisotopic (exact) mass is 261 g/mol. The number of ether oxygens (including phenoxy) is 2. The summed E-state index contributed by atoms with van der Waals surface area (Å²) in [7, 11) is 1.32. The smallest absolute Gasteiger partial charge is 0.355 e. The lowest BCUT2D eigenvalue weighted by atomic mass is 10.1. The van der Waals surface area contributed by atoms with Gasteiger partial charge in [0.05, 0.1) is 20.1 Å². The Labute approximate surface area is 110 Å². The number of H-pyrrole nitrogens is 1. The molecule has 1 aromatic heterocycles. The summed E-state index contributed by atoms with van der Waals surface area (Å²) >= 11 is 0. The first-order valence-electron chi connectivity index (χ1n) is 6.00. The molecule has 0 amide bonds. The summed E-state index contributed by atoms with van der Waals surface area (Å²) in [6.07, 6.45) is 0.0364. The molecule has 0 unspecified atom stereocenters. The Morgan fingerprint density at radius 1 is 1.26 bits per heavy atom. The van der Waals surface area contributed by atoms with Crippen molar-refractivity contribution >= 4 is 22.8 Å². The maximum absolute atomic E-state index is 11.9. The Hall–Kier alpha value is -2.30. The second-order valence-electron chi connectivity index (χ2n) is 4.00. The lowest BCUT2D eigenvalue weighted by Crippen LogP contribution is -2.11. The van der Waals surface area contributed by atoms with Gasteiger partial charge in [0.2, 0.25) is 0 Å². The molecule has 0 spiro atoms. The first-order chi connectivity index (χ1) is 9.17. The van der Waals surface area contributed by atoms with Crippen LogP contribution in [0.5, 0.6) is 0 Å². The molecule has 0 fully saturated rings. The molecule has 2 rings (SSSR count). The summed E-state index contributed by atoms with van der Waals surface area (Å²) in [5.41, 5.74) is 1.72. The summed E-state index contributed by atoms with van der Waals surface area (Å²) in [6.45, 7) is 2.02. The largest absolute Gasteiger partial charge is 0.469 e. The molecule has 0 saturated carbocycles. The molecule has 0 radical (unpaired) electrons. The molecule has 0 aliphatic carbocycles. The van der Waals surface area contributed by atoms with Crippen molar-refractivity contribution in [2.24, 2.45) is 0 Å². The van der Waals surface area contributed by atoms with Gasteiger partial charge in [-0.3, -0.25) is 4.79 Å². The molecule has 1 heterocycles. The second-order valence-corrected chi connectivity index (χ2v) is 4.00. The molecule has 0 aliphatic rings. The zero-order valence-corrected chi connectivity index (χ0v) is 10.9. The van der Waals surface area contributed by atoms with Gasteiger partial charge >= 0.3 is 11.9 Å². The van der Waals surface area contributed by atoms with Crippen molar-refractivity contribution in [3.63, 3.8) is 0 Å². The van der Waals surface area contributed by atoms with Gasteiger partial charge in [0, 0.05) is 16.5 Å². The van der Waals surface area contributed by atoms with E-state index in [4.69, 9.17) is 4.74 Å². The predicted octanol–water partition coefficient (Wildman–Crippen LogP) is 2.06. The predicted molar refractivity (Wildman–Crippen MR) is 70.0 cm³/mol. The fourth-order valence-electron chi connectivity index (χ4n) is 1.98. The van der Waals surface area contributed by atoms with E-state index in [-0.39, 0.29) is 13.0 Å². The number of carbonyl (C=O) groups excluding carboxylic acids is 2. The van der Waals surface area contributed by atoms with Gasteiger partial charge in [-0.25, -0.2) is 4.79 Å². The molecule has 0 saturated heterocycles. The minimum atomic E-state index is -0.461. The van der Waals surface area contributed by atoms with Gasteiger partial charge in [-0.15, -0.1) is 0 Å². The number of nitrogens with one attached hydrogen (secondary N) is 1. The number of hydrogen-bond donors (Lipinski definition) is 1. The number of fused-ring (bicyclic) bond motifs is 1. The molecule has 100 valence electrons. The zero-order valence-electron chi connectivity index (χ0n) is 10.9. The number of hydrogen-bond acceptors (Lipinski definition) is 4. The fraction of sp³-hybridized carbons (Fsp3) is 0.286. The first-order valence-corrected chi connectivity index (χ1v) is 6.00. The van der Waals surface area contributed by atoms with E-state index >= 15 is 0 Å². The van der Waals surface area contributed by atoms with E-state index in [0.717, 1.165) is 10.9 Å². The SMILES string of the molecule is CCOC(=O)c1[nH]c2ccccc2c1CC(=O)OC. The van der Waals surface area contributed by atoms with E-state index in [1.165, 1.54) is 7.11 Å². The van der Waals surface area contributed by atoms with Crippen molar-refractivity contribution in [3.8, 4) is 0 Å². The fourth-order valence-corrected chi connectivity index (χ4v) is 1.98. The van der Waals surface area contributed by atoms with Gasteiger partial charge in [0.15, 0.2) is 0 Å². The molecule has 0 atom stereocenters. The van der Waals surface area contributed by atoms with Crippen LogP contribution < -0.4 is 0 Å². The van der Waals surface area contributed by atoms with Gasteiger partial charge < -0.3 is 14.5 Å². The minimum Gasteiger partial charge on any atom is -0.469 e.